The number of aromatic nitrogens is 2. The molecule has 0 atom stereocenters. The fraction of sp³-hybridized carbons (Fsp3) is 0.0500. The maximum absolute atomic E-state index is 5.91. The van der Waals surface area contributed by atoms with Crippen LogP contribution in [0, 0.1) is 0 Å². The number of rotatable bonds is 3. The maximum Gasteiger partial charge on any atom is 0.119 e. The molecule has 0 aliphatic heterocycles. The number of fused-ring (bicyclic) bond motifs is 11. The molecule has 0 saturated heterocycles. The van der Waals surface area contributed by atoms with E-state index in [-0.39, 0.29) is 0 Å². The monoisotopic (exact) mass is 550 g/mol. The minimum atomic E-state index is 0.622. The van der Waals surface area contributed by atoms with Crippen molar-refractivity contribution in [2.24, 2.45) is 0 Å². The van der Waals surface area contributed by atoms with Crippen molar-refractivity contribution in [2.45, 2.75) is 6.92 Å². The average molecular weight is 551 g/mol. The molecule has 202 valence electrons. The molecule has 0 saturated carbocycles. The van der Waals surface area contributed by atoms with Gasteiger partial charge in [0, 0.05) is 43.1 Å². The normalized spacial score (nSPS) is 11.9. The molecule has 2 aromatic heterocycles. The molecule has 0 radical (unpaired) electrons. The second kappa shape index (κ2) is 9.23. The van der Waals surface area contributed by atoms with Crippen molar-refractivity contribution in [1.29, 1.82) is 0 Å². The van der Waals surface area contributed by atoms with Gasteiger partial charge in [0.25, 0.3) is 0 Å². The summed E-state index contributed by atoms with van der Waals surface area (Å²) >= 11 is 0. The first-order valence-corrected chi connectivity index (χ1v) is 14.8. The Morgan fingerprint density at radius 3 is 1.86 bits per heavy atom. The molecule has 0 N–H and O–H groups in total. The van der Waals surface area contributed by atoms with Gasteiger partial charge in [-0.1, -0.05) is 97.1 Å². The van der Waals surface area contributed by atoms with Crippen LogP contribution in [0.4, 0.5) is 0 Å². The molecule has 2 heterocycles. The van der Waals surface area contributed by atoms with Gasteiger partial charge in [-0.25, -0.2) is 9.97 Å². The summed E-state index contributed by atoms with van der Waals surface area (Å²) in [5.41, 5.74) is 6.37. The second-order valence-electron chi connectivity index (χ2n) is 11.2. The van der Waals surface area contributed by atoms with Crippen molar-refractivity contribution >= 4 is 75.9 Å². The summed E-state index contributed by atoms with van der Waals surface area (Å²) in [4.78, 5) is 10.8. The first-order valence-electron chi connectivity index (χ1n) is 14.8. The predicted molar refractivity (Wildman–Crippen MR) is 181 cm³/mol. The lowest BCUT2D eigenvalue weighted by atomic mass is 9.94. The summed E-state index contributed by atoms with van der Waals surface area (Å²) in [6.07, 6.45) is 0. The van der Waals surface area contributed by atoms with Gasteiger partial charge < -0.3 is 4.74 Å². The Morgan fingerprint density at radius 1 is 0.442 bits per heavy atom. The van der Waals surface area contributed by atoms with E-state index in [4.69, 9.17) is 14.7 Å². The number of nitrogens with zero attached hydrogens (tertiary/aromatic N) is 2. The Labute approximate surface area is 248 Å². The van der Waals surface area contributed by atoms with Crippen LogP contribution in [0.15, 0.2) is 127 Å². The minimum absolute atomic E-state index is 0.622. The molecular weight excluding hydrogens is 524 g/mol. The SMILES string of the molecule is CCOc1ccc2cc(-c3ccccc3)c3cc4ccc5c(ccc6cc7ccc8ccccc8c7nc65)c4nc3c2c1. The quantitative estimate of drug-likeness (QED) is 0.162. The van der Waals surface area contributed by atoms with Crippen LogP contribution in [0.3, 0.4) is 0 Å². The van der Waals surface area contributed by atoms with E-state index in [0.717, 1.165) is 70.9 Å². The van der Waals surface area contributed by atoms with Gasteiger partial charge in [-0.3, -0.25) is 0 Å². The highest BCUT2D eigenvalue weighted by atomic mass is 16.5. The summed E-state index contributed by atoms with van der Waals surface area (Å²) < 4.78 is 5.91. The average Bonchev–Trinajstić information content (AvgIpc) is 3.06. The standard InChI is InChI=1S/C40H26N2O/c1-2-43-30-17-14-26-21-34(24-8-4-3-5-9-24)36-22-29-16-19-32-33(39(29)42-40(36)35(26)23-30)18-15-28-20-27-13-12-25-10-6-7-11-31(25)37(27)41-38(28)32/h3-23H,2H2,1H3. The first-order chi connectivity index (χ1) is 21.2. The van der Waals surface area contributed by atoms with E-state index in [1.807, 2.05) is 6.92 Å². The van der Waals surface area contributed by atoms with E-state index < -0.39 is 0 Å². The summed E-state index contributed by atoms with van der Waals surface area (Å²) in [5.74, 6) is 0.859. The summed E-state index contributed by atoms with van der Waals surface area (Å²) in [6.45, 7) is 2.64. The Bertz CT molecular complexity index is 2570. The number of benzene rings is 7. The van der Waals surface area contributed by atoms with Crippen LogP contribution in [0.1, 0.15) is 6.92 Å². The second-order valence-corrected chi connectivity index (χ2v) is 11.2. The van der Waals surface area contributed by atoms with E-state index in [0.29, 0.717) is 6.61 Å². The van der Waals surface area contributed by atoms with Crippen molar-refractivity contribution in [3.05, 3.63) is 127 Å². The molecule has 3 nitrogen and oxygen atoms in total. The fourth-order valence-electron chi connectivity index (χ4n) is 6.70. The number of hydrogen-bond donors (Lipinski definition) is 0. The molecule has 7 aromatic carbocycles. The van der Waals surface area contributed by atoms with Crippen LogP contribution in [-0.4, -0.2) is 16.6 Å². The third-order valence-corrected chi connectivity index (χ3v) is 8.72. The third-order valence-electron chi connectivity index (χ3n) is 8.72. The van der Waals surface area contributed by atoms with Gasteiger partial charge in [0.05, 0.1) is 28.7 Å². The van der Waals surface area contributed by atoms with Crippen LogP contribution in [0.2, 0.25) is 0 Å². The molecule has 0 spiro atoms. The largest absolute Gasteiger partial charge is 0.494 e. The molecule has 3 heteroatoms. The molecule has 43 heavy (non-hydrogen) atoms. The fourth-order valence-corrected chi connectivity index (χ4v) is 6.70. The zero-order valence-corrected chi connectivity index (χ0v) is 23.6. The van der Waals surface area contributed by atoms with Gasteiger partial charge in [0.15, 0.2) is 0 Å². The van der Waals surface area contributed by atoms with E-state index in [1.165, 1.54) is 21.9 Å². The van der Waals surface area contributed by atoms with Crippen LogP contribution in [0.5, 0.6) is 5.75 Å². The number of hydrogen-bond acceptors (Lipinski definition) is 3. The van der Waals surface area contributed by atoms with Crippen molar-refractivity contribution < 1.29 is 4.74 Å². The van der Waals surface area contributed by atoms with Crippen molar-refractivity contribution in [2.75, 3.05) is 6.61 Å². The molecule has 0 unspecified atom stereocenters. The molecule has 9 aromatic rings. The summed E-state index contributed by atoms with van der Waals surface area (Å²) in [5, 5.41) is 11.4. The van der Waals surface area contributed by atoms with Crippen LogP contribution >= 0.6 is 0 Å². The molecule has 0 aliphatic carbocycles. The highest BCUT2D eigenvalue weighted by molar-refractivity contribution is 6.21. The Kier molecular flexibility index (Phi) is 5.17. The summed E-state index contributed by atoms with van der Waals surface area (Å²) in [6, 6.07) is 45.4. The molecular formula is C40H26N2O. The van der Waals surface area contributed by atoms with Gasteiger partial charge in [0.2, 0.25) is 0 Å². The van der Waals surface area contributed by atoms with Gasteiger partial charge in [-0.05, 0) is 59.2 Å². The smallest absolute Gasteiger partial charge is 0.119 e. The van der Waals surface area contributed by atoms with E-state index in [1.54, 1.807) is 0 Å². The Balaban J connectivity index is 1.39. The zero-order valence-electron chi connectivity index (χ0n) is 23.6. The van der Waals surface area contributed by atoms with E-state index >= 15 is 0 Å². The van der Waals surface area contributed by atoms with Crippen LogP contribution in [0.25, 0.3) is 87.1 Å². The van der Waals surface area contributed by atoms with Crippen LogP contribution < -0.4 is 4.74 Å². The highest BCUT2D eigenvalue weighted by Gasteiger charge is 2.15. The van der Waals surface area contributed by atoms with Gasteiger partial charge in [0.1, 0.15) is 5.75 Å². The minimum Gasteiger partial charge on any atom is -0.494 e. The van der Waals surface area contributed by atoms with Gasteiger partial charge in [-0.15, -0.1) is 0 Å². The number of pyridine rings is 2. The first kappa shape index (κ1) is 24.1. The Hall–Kier alpha value is -5.54. The third kappa shape index (κ3) is 3.68. The van der Waals surface area contributed by atoms with Gasteiger partial charge in [-0.2, -0.15) is 0 Å². The van der Waals surface area contributed by atoms with E-state index in [9.17, 15) is 0 Å². The molecule has 0 amide bonds. The molecule has 0 fully saturated rings. The maximum atomic E-state index is 5.91. The van der Waals surface area contributed by atoms with Crippen LogP contribution in [-0.2, 0) is 0 Å². The van der Waals surface area contributed by atoms with E-state index in [2.05, 4.69) is 127 Å². The Morgan fingerprint density at radius 2 is 1.07 bits per heavy atom. The zero-order chi connectivity index (χ0) is 28.5. The van der Waals surface area contributed by atoms with Crippen molar-refractivity contribution in [3.63, 3.8) is 0 Å². The molecule has 9 rings (SSSR count). The lowest BCUT2D eigenvalue weighted by Gasteiger charge is -2.14. The van der Waals surface area contributed by atoms with Crippen molar-refractivity contribution in [3.8, 4) is 16.9 Å². The lowest BCUT2D eigenvalue weighted by molar-refractivity contribution is 0.341. The van der Waals surface area contributed by atoms with Gasteiger partial charge >= 0.3 is 0 Å². The highest BCUT2D eigenvalue weighted by Crippen LogP contribution is 2.39. The molecule has 0 bridgehead atoms. The predicted octanol–water partition coefficient (Wildman–Crippen LogP) is 10.6. The number of ether oxygens (including phenoxy) is 1. The lowest BCUT2D eigenvalue weighted by Crippen LogP contribution is -1.93. The topological polar surface area (TPSA) is 35.0 Å². The molecule has 0 aliphatic rings. The van der Waals surface area contributed by atoms with Crippen molar-refractivity contribution in [1.82, 2.24) is 9.97 Å². The summed E-state index contributed by atoms with van der Waals surface area (Å²) in [7, 11) is 0.